The number of H-pyrrole nitrogens is 1. The molecule has 9 heteroatoms. The summed E-state index contributed by atoms with van der Waals surface area (Å²) in [6.45, 7) is 6.93. The molecule has 0 saturated carbocycles. The van der Waals surface area contributed by atoms with E-state index in [1.165, 1.54) is 0 Å². The van der Waals surface area contributed by atoms with Gasteiger partial charge in [0.2, 0.25) is 5.89 Å². The van der Waals surface area contributed by atoms with Gasteiger partial charge in [-0.05, 0) is 57.5 Å². The first-order valence-electron chi connectivity index (χ1n) is 9.40. The van der Waals surface area contributed by atoms with Gasteiger partial charge in [-0.1, -0.05) is 0 Å². The van der Waals surface area contributed by atoms with E-state index in [4.69, 9.17) is 18.6 Å². The Morgan fingerprint density at radius 2 is 1.83 bits per heavy atom. The zero-order valence-electron chi connectivity index (χ0n) is 17.4. The Labute approximate surface area is 173 Å². The number of carbonyl (C=O) groups excluding carboxylic acids is 2. The summed E-state index contributed by atoms with van der Waals surface area (Å²) in [7, 11) is 1.58. The largest absolute Gasteiger partial charge is 0.497 e. The standard InChI is InChI=1S/C21H23N3O6/c1-6-28-21(26)17-11(2)16(12(3)22-17)20(25)29-13(4)18-23-24-19(30-18)14-7-9-15(27-5)10-8-14/h7-10,13,22H,6H2,1-5H3/t13-/m1/s1. The van der Waals surface area contributed by atoms with Crippen molar-refractivity contribution in [2.75, 3.05) is 13.7 Å². The van der Waals surface area contributed by atoms with Crippen LogP contribution in [-0.4, -0.2) is 40.8 Å². The van der Waals surface area contributed by atoms with E-state index >= 15 is 0 Å². The van der Waals surface area contributed by atoms with Gasteiger partial charge in [0.1, 0.15) is 11.4 Å². The fourth-order valence-electron chi connectivity index (χ4n) is 2.98. The van der Waals surface area contributed by atoms with E-state index in [0.717, 1.165) is 0 Å². The summed E-state index contributed by atoms with van der Waals surface area (Å²) in [5.41, 5.74) is 2.20. The first kappa shape index (κ1) is 21.1. The molecular weight excluding hydrogens is 390 g/mol. The number of rotatable bonds is 7. The highest BCUT2D eigenvalue weighted by atomic mass is 16.6. The lowest BCUT2D eigenvalue weighted by atomic mass is 10.1. The molecule has 0 spiro atoms. The molecule has 158 valence electrons. The maximum absolute atomic E-state index is 12.7. The Balaban J connectivity index is 1.75. The van der Waals surface area contributed by atoms with Gasteiger partial charge in [-0.25, -0.2) is 9.59 Å². The van der Waals surface area contributed by atoms with Crippen molar-refractivity contribution in [3.8, 4) is 17.2 Å². The molecule has 0 fully saturated rings. The van der Waals surface area contributed by atoms with Crippen molar-refractivity contribution in [2.45, 2.75) is 33.8 Å². The van der Waals surface area contributed by atoms with Gasteiger partial charge in [-0.15, -0.1) is 10.2 Å². The van der Waals surface area contributed by atoms with Crippen molar-refractivity contribution in [3.05, 3.63) is 52.7 Å². The molecule has 30 heavy (non-hydrogen) atoms. The van der Waals surface area contributed by atoms with Crippen LogP contribution < -0.4 is 4.74 Å². The number of carbonyl (C=O) groups is 2. The summed E-state index contributed by atoms with van der Waals surface area (Å²) in [5.74, 6) is 0.0414. The molecule has 3 rings (SSSR count). The second kappa shape index (κ2) is 8.81. The monoisotopic (exact) mass is 413 g/mol. The average Bonchev–Trinajstić information content (AvgIpc) is 3.33. The molecule has 2 aromatic heterocycles. The lowest BCUT2D eigenvalue weighted by Crippen LogP contribution is -2.12. The Morgan fingerprint density at radius 3 is 2.47 bits per heavy atom. The molecule has 1 N–H and O–H groups in total. The molecule has 3 aromatic rings. The summed E-state index contributed by atoms with van der Waals surface area (Å²) in [6.07, 6.45) is -0.781. The van der Waals surface area contributed by atoms with E-state index in [1.807, 2.05) is 0 Å². The molecule has 0 aliphatic heterocycles. The SMILES string of the molecule is CCOC(=O)c1[nH]c(C)c(C(=O)O[C@H](C)c2nnc(-c3ccc(OC)cc3)o2)c1C. The van der Waals surface area contributed by atoms with E-state index in [1.54, 1.807) is 59.1 Å². The zero-order chi connectivity index (χ0) is 21.8. The third-order valence-electron chi connectivity index (χ3n) is 4.53. The molecule has 0 radical (unpaired) electrons. The molecular formula is C21H23N3O6. The molecule has 0 aliphatic carbocycles. The smallest absolute Gasteiger partial charge is 0.355 e. The molecule has 9 nitrogen and oxygen atoms in total. The summed E-state index contributed by atoms with van der Waals surface area (Å²) in [6, 6.07) is 7.13. The van der Waals surface area contributed by atoms with Crippen molar-refractivity contribution in [1.82, 2.24) is 15.2 Å². The Kier molecular flexibility index (Phi) is 6.20. The van der Waals surface area contributed by atoms with Gasteiger partial charge in [0.25, 0.3) is 5.89 Å². The lowest BCUT2D eigenvalue weighted by molar-refractivity contribution is 0.0278. The number of hydrogen-bond donors (Lipinski definition) is 1. The normalized spacial score (nSPS) is 11.8. The van der Waals surface area contributed by atoms with Gasteiger partial charge in [-0.2, -0.15) is 0 Å². The first-order valence-corrected chi connectivity index (χ1v) is 9.40. The topological polar surface area (TPSA) is 117 Å². The lowest BCUT2D eigenvalue weighted by Gasteiger charge is -2.10. The van der Waals surface area contributed by atoms with E-state index in [0.29, 0.717) is 28.5 Å². The van der Waals surface area contributed by atoms with Gasteiger partial charge in [0, 0.05) is 11.3 Å². The Hall–Kier alpha value is -3.62. The van der Waals surface area contributed by atoms with E-state index in [2.05, 4.69) is 15.2 Å². The first-order chi connectivity index (χ1) is 14.3. The van der Waals surface area contributed by atoms with E-state index in [9.17, 15) is 9.59 Å². The number of esters is 2. The van der Waals surface area contributed by atoms with Crippen LogP contribution in [0.4, 0.5) is 0 Å². The number of nitrogens with one attached hydrogen (secondary N) is 1. The van der Waals surface area contributed by atoms with Gasteiger partial charge >= 0.3 is 11.9 Å². The summed E-state index contributed by atoms with van der Waals surface area (Å²) in [5, 5.41) is 7.99. The minimum atomic E-state index is -0.781. The molecule has 2 heterocycles. The molecule has 0 amide bonds. The van der Waals surface area contributed by atoms with Crippen molar-refractivity contribution in [1.29, 1.82) is 0 Å². The number of aromatic nitrogens is 3. The second-order valence-corrected chi connectivity index (χ2v) is 6.57. The number of benzene rings is 1. The van der Waals surface area contributed by atoms with Gasteiger partial charge in [0.15, 0.2) is 6.10 Å². The van der Waals surface area contributed by atoms with Gasteiger partial charge < -0.3 is 23.6 Å². The summed E-state index contributed by atoms with van der Waals surface area (Å²) in [4.78, 5) is 27.6. The Bertz CT molecular complexity index is 1050. The number of aryl methyl sites for hydroxylation is 1. The van der Waals surface area contributed by atoms with E-state index < -0.39 is 18.0 Å². The van der Waals surface area contributed by atoms with Crippen LogP contribution >= 0.6 is 0 Å². The second-order valence-electron chi connectivity index (χ2n) is 6.57. The maximum atomic E-state index is 12.7. The predicted octanol–water partition coefficient (Wildman–Crippen LogP) is 3.78. The minimum absolute atomic E-state index is 0.158. The summed E-state index contributed by atoms with van der Waals surface area (Å²) < 4.78 is 21.3. The molecule has 1 atom stereocenters. The Morgan fingerprint density at radius 1 is 1.13 bits per heavy atom. The minimum Gasteiger partial charge on any atom is -0.497 e. The molecule has 0 aliphatic rings. The molecule has 0 bridgehead atoms. The highest BCUT2D eigenvalue weighted by Crippen LogP contribution is 2.26. The van der Waals surface area contributed by atoms with Crippen LogP contribution in [0.25, 0.3) is 11.5 Å². The average molecular weight is 413 g/mol. The number of ether oxygens (including phenoxy) is 3. The van der Waals surface area contributed by atoms with Crippen molar-refractivity contribution in [3.63, 3.8) is 0 Å². The van der Waals surface area contributed by atoms with Crippen LogP contribution in [-0.2, 0) is 9.47 Å². The van der Waals surface area contributed by atoms with Crippen LogP contribution in [0.15, 0.2) is 28.7 Å². The predicted molar refractivity (Wildman–Crippen MR) is 106 cm³/mol. The zero-order valence-corrected chi connectivity index (χ0v) is 17.4. The molecule has 1 aromatic carbocycles. The maximum Gasteiger partial charge on any atom is 0.355 e. The van der Waals surface area contributed by atoms with Crippen molar-refractivity contribution in [2.24, 2.45) is 0 Å². The number of hydrogen-bond acceptors (Lipinski definition) is 8. The highest BCUT2D eigenvalue weighted by Gasteiger charge is 2.26. The third-order valence-corrected chi connectivity index (χ3v) is 4.53. The molecule has 0 saturated heterocycles. The third kappa shape index (κ3) is 4.19. The highest BCUT2D eigenvalue weighted by molar-refractivity contribution is 5.98. The number of aromatic amines is 1. The van der Waals surface area contributed by atoms with Crippen LogP contribution in [0.3, 0.4) is 0 Å². The molecule has 0 unspecified atom stereocenters. The van der Waals surface area contributed by atoms with Gasteiger partial charge in [0.05, 0.1) is 19.3 Å². The van der Waals surface area contributed by atoms with Crippen LogP contribution in [0.1, 0.15) is 57.9 Å². The fraction of sp³-hybridized carbons (Fsp3) is 0.333. The van der Waals surface area contributed by atoms with Crippen molar-refractivity contribution >= 4 is 11.9 Å². The van der Waals surface area contributed by atoms with Gasteiger partial charge in [-0.3, -0.25) is 0 Å². The quantitative estimate of drug-likeness (QED) is 0.582. The summed E-state index contributed by atoms with van der Waals surface area (Å²) >= 11 is 0. The van der Waals surface area contributed by atoms with E-state index in [-0.39, 0.29) is 23.8 Å². The fourth-order valence-corrected chi connectivity index (χ4v) is 2.98. The number of methoxy groups -OCH3 is 1. The van der Waals surface area contributed by atoms with Crippen molar-refractivity contribution < 1.29 is 28.2 Å². The number of nitrogens with zero attached hydrogens (tertiary/aromatic N) is 2. The van der Waals surface area contributed by atoms with Crippen LogP contribution in [0.5, 0.6) is 5.75 Å². The van der Waals surface area contributed by atoms with Crippen LogP contribution in [0.2, 0.25) is 0 Å². The van der Waals surface area contributed by atoms with Crippen LogP contribution in [0, 0.1) is 13.8 Å².